The number of allylic oxidation sites excluding steroid dienone is 1. The average molecular weight is 472 g/mol. The fraction of sp³-hybridized carbons (Fsp3) is 0.741. The Hall–Kier alpha value is -1.83. The van der Waals surface area contributed by atoms with Gasteiger partial charge in [-0.05, 0) is 81.1 Å². The lowest BCUT2D eigenvalue weighted by atomic mass is 9.44. The largest absolute Gasteiger partial charge is 0.472 e. The number of guanidine groups is 1. The zero-order valence-corrected chi connectivity index (χ0v) is 20.6. The zero-order valence-electron chi connectivity index (χ0n) is 20.6. The van der Waals surface area contributed by atoms with Gasteiger partial charge in [0.2, 0.25) is 0 Å². The lowest BCUT2D eigenvalue weighted by Gasteiger charge is -2.62. The molecule has 0 aliphatic heterocycles. The minimum atomic E-state index is -1.04. The second-order valence-corrected chi connectivity index (χ2v) is 11.7. The number of ether oxygens (including phenoxy) is 1. The average Bonchev–Trinajstić information content (AvgIpc) is 3.41. The third-order valence-corrected chi connectivity index (χ3v) is 10.4. The predicted octanol–water partition coefficient (Wildman–Crippen LogP) is 3.80. The normalized spacial score (nSPS) is 43.4. The maximum atomic E-state index is 12.3. The fourth-order valence-corrected chi connectivity index (χ4v) is 8.31. The molecule has 1 aromatic rings. The Kier molecular flexibility index (Phi) is 5.89. The van der Waals surface area contributed by atoms with Gasteiger partial charge >= 0.3 is 0 Å². The quantitative estimate of drug-likeness (QED) is 0.186. The lowest BCUT2D eigenvalue weighted by Crippen LogP contribution is -2.63. The molecule has 188 valence electrons. The van der Waals surface area contributed by atoms with Crippen LogP contribution in [-0.4, -0.2) is 41.0 Å². The van der Waals surface area contributed by atoms with Crippen molar-refractivity contribution in [1.29, 1.82) is 5.41 Å². The standard InChI is InChI=1S/C27H41N3O4/c1-24-9-6-20(34-14-3-13-30-23(28)29)16-18(24)4-5-22-21(24)7-10-25(2)26(31,11-12-27(22,25)32)19-8-15-33-17-19/h8,15-17,20-22,31-32H,3-7,9-14H2,1-2H3,(H4,28,29,30)/t20?,21-,22-,24+,25-,26?,27-/m1/s1. The Bertz CT molecular complexity index is 948. The molecular weight excluding hydrogens is 430 g/mol. The summed E-state index contributed by atoms with van der Waals surface area (Å²) in [6.07, 6.45) is 13.7. The molecule has 6 N–H and O–H groups in total. The summed E-state index contributed by atoms with van der Waals surface area (Å²) in [5, 5.41) is 34.2. The number of furan rings is 1. The van der Waals surface area contributed by atoms with Crippen LogP contribution in [0.1, 0.15) is 77.2 Å². The van der Waals surface area contributed by atoms with E-state index in [1.807, 2.05) is 6.07 Å². The zero-order chi connectivity index (χ0) is 24.2. The lowest BCUT2D eigenvalue weighted by molar-refractivity contribution is -0.222. The molecule has 0 radical (unpaired) electrons. The molecule has 1 heterocycles. The Morgan fingerprint density at radius 3 is 2.74 bits per heavy atom. The van der Waals surface area contributed by atoms with Gasteiger partial charge in [0.05, 0.1) is 24.2 Å². The van der Waals surface area contributed by atoms with Crippen molar-refractivity contribution in [3.05, 3.63) is 35.8 Å². The summed E-state index contributed by atoms with van der Waals surface area (Å²) in [4.78, 5) is 0. The third kappa shape index (κ3) is 3.38. The molecule has 1 aromatic heterocycles. The molecule has 0 bridgehead atoms. The number of nitrogens with one attached hydrogen (secondary N) is 2. The summed E-state index contributed by atoms with van der Waals surface area (Å²) in [6, 6.07) is 1.86. The van der Waals surface area contributed by atoms with Gasteiger partial charge in [0, 0.05) is 24.1 Å². The van der Waals surface area contributed by atoms with Crippen LogP contribution < -0.4 is 11.1 Å². The van der Waals surface area contributed by atoms with Gasteiger partial charge in [0.15, 0.2) is 5.96 Å². The first kappa shape index (κ1) is 23.9. The Balaban J connectivity index is 1.32. The van der Waals surface area contributed by atoms with E-state index in [4.69, 9.17) is 20.3 Å². The van der Waals surface area contributed by atoms with Crippen molar-refractivity contribution >= 4 is 5.96 Å². The highest BCUT2D eigenvalue weighted by Gasteiger charge is 2.71. The second-order valence-electron chi connectivity index (χ2n) is 11.7. The van der Waals surface area contributed by atoms with Gasteiger partial charge < -0.3 is 30.4 Å². The Morgan fingerprint density at radius 1 is 1.18 bits per heavy atom. The Morgan fingerprint density at radius 2 is 2.00 bits per heavy atom. The van der Waals surface area contributed by atoms with Crippen molar-refractivity contribution in [3.63, 3.8) is 0 Å². The SMILES string of the molecule is C[C@]12CCC(OCCCNC(=N)N)C=C1CC[C@@H]1[C@H]2CC[C@]2(C)C(O)(c3ccoc3)CC[C@@]12O. The molecular formula is C27H41N3O4. The Labute approximate surface area is 202 Å². The van der Waals surface area contributed by atoms with Gasteiger partial charge in [-0.1, -0.05) is 25.5 Å². The van der Waals surface area contributed by atoms with E-state index < -0.39 is 16.6 Å². The van der Waals surface area contributed by atoms with Crippen molar-refractivity contribution in [2.45, 2.75) is 88.9 Å². The van der Waals surface area contributed by atoms with Crippen molar-refractivity contribution in [3.8, 4) is 0 Å². The molecule has 7 nitrogen and oxygen atoms in total. The first-order valence-electron chi connectivity index (χ1n) is 13.0. The van der Waals surface area contributed by atoms with E-state index in [9.17, 15) is 10.2 Å². The van der Waals surface area contributed by atoms with Crippen LogP contribution in [0, 0.1) is 28.1 Å². The van der Waals surface area contributed by atoms with Crippen LogP contribution >= 0.6 is 0 Å². The number of fused-ring (bicyclic) bond motifs is 5. The van der Waals surface area contributed by atoms with Crippen molar-refractivity contribution in [2.24, 2.45) is 28.4 Å². The number of aliphatic hydroxyl groups is 2. The molecule has 5 rings (SSSR count). The monoisotopic (exact) mass is 471 g/mol. The van der Waals surface area contributed by atoms with Crippen LogP contribution in [-0.2, 0) is 10.3 Å². The summed E-state index contributed by atoms with van der Waals surface area (Å²) >= 11 is 0. The maximum absolute atomic E-state index is 12.3. The molecule has 0 spiro atoms. The number of rotatable bonds is 6. The fourth-order valence-electron chi connectivity index (χ4n) is 8.31. The molecule has 2 unspecified atom stereocenters. The van der Waals surface area contributed by atoms with Gasteiger partial charge in [-0.25, -0.2) is 0 Å². The molecule has 3 fully saturated rings. The number of nitrogens with two attached hydrogens (primary N) is 1. The molecule has 0 saturated heterocycles. The van der Waals surface area contributed by atoms with Crippen molar-refractivity contribution in [2.75, 3.05) is 13.2 Å². The van der Waals surface area contributed by atoms with E-state index in [0.717, 1.165) is 50.5 Å². The van der Waals surface area contributed by atoms with E-state index in [1.54, 1.807) is 12.5 Å². The molecule has 7 heteroatoms. The van der Waals surface area contributed by atoms with E-state index >= 15 is 0 Å². The van der Waals surface area contributed by atoms with Gasteiger partial charge in [0.1, 0.15) is 5.60 Å². The molecule has 0 amide bonds. The van der Waals surface area contributed by atoms with E-state index in [-0.39, 0.29) is 23.4 Å². The molecule has 34 heavy (non-hydrogen) atoms. The summed E-state index contributed by atoms with van der Waals surface area (Å²) in [5.41, 5.74) is 5.25. The molecule has 3 saturated carbocycles. The van der Waals surface area contributed by atoms with Crippen LogP contribution in [0.15, 0.2) is 34.7 Å². The third-order valence-electron chi connectivity index (χ3n) is 10.4. The van der Waals surface area contributed by atoms with Crippen molar-refractivity contribution < 1.29 is 19.4 Å². The molecule has 7 atom stereocenters. The predicted molar refractivity (Wildman–Crippen MR) is 130 cm³/mol. The van der Waals surface area contributed by atoms with E-state index in [1.165, 1.54) is 5.57 Å². The summed E-state index contributed by atoms with van der Waals surface area (Å²) in [7, 11) is 0. The van der Waals surface area contributed by atoms with Crippen molar-refractivity contribution in [1.82, 2.24) is 5.32 Å². The van der Waals surface area contributed by atoms with Gasteiger partial charge in [0.25, 0.3) is 0 Å². The molecule has 0 aromatic carbocycles. The summed E-state index contributed by atoms with van der Waals surface area (Å²) in [6.45, 7) is 5.83. The van der Waals surface area contributed by atoms with Crippen LogP contribution in [0.25, 0.3) is 0 Å². The summed E-state index contributed by atoms with van der Waals surface area (Å²) in [5.74, 6) is 0.630. The van der Waals surface area contributed by atoms with Crippen LogP contribution in [0.3, 0.4) is 0 Å². The summed E-state index contributed by atoms with van der Waals surface area (Å²) < 4.78 is 11.5. The smallest absolute Gasteiger partial charge is 0.185 e. The van der Waals surface area contributed by atoms with E-state index in [0.29, 0.717) is 31.9 Å². The topological polar surface area (TPSA) is 125 Å². The van der Waals surface area contributed by atoms with Gasteiger partial charge in [-0.15, -0.1) is 0 Å². The first-order valence-corrected chi connectivity index (χ1v) is 13.0. The van der Waals surface area contributed by atoms with Crippen LogP contribution in [0.5, 0.6) is 0 Å². The van der Waals surface area contributed by atoms with E-state index in [2.05, 4.69) is 25.2 Å². The highest BCUT2D eigenvalue weighted by molar-refractivity contribution is 5.74. The highest BCUT2D eigenvalue weighted by atomic mass is 16.5. The molecule has 4 aliphatic rings. The minimum absolute atomic E-state index is 0.00279. The number of hydrogen-bond donors (Lipinski definition) is 5. The van der Waals surface area contributed by atoms with Gasteiger partial charge in [-0.2, -0.15) is 0 Å². The van der Waals surface area contributed by atoms with Crippen LogP contribution in [0.4, 0.5) is 0 Å². The minimum Gasteiger partial charge on any atom is -0.472 e. The first-order chi connectivity index (χ1) is 16.1. The van der Waals surface area contributed by atoms with Crippen LogP contribution in [0.2, 0.25) is 0 Å². The highest BCUT2D eigenvalue weighted by Crippen LogP contribution is 2.71. The second kappa shape index (κ2) is 8.38. The number of hydrogen-bond acceptors (Lipinski definition) is 5. The van der Waals surface area contributed by atoms with Gasteiger partial charge in [-0.3, -0.25) is 5.41 Å². The maximum Gasteiger partial charge on any atom is 0.185 e. The molecule has 4 aliphatic carbocycles.